The molecule has 3 nitrogen and oxygen atoms in total. The summed E-state index contributed by atoms with van der Waals surface area (Å²) in [6.07, 6.45) is 2.33. The second kappa shape index (κ2) is 7.18. The van der Waals surface area contributed by atoms with Gasteiger partial charge in [-0.05, 0) is 46.7 Å². The van der Waals surface area contributed by atoms with Crippen LogP contribution in [0.5, 0.6) is 0 Å². The summed E-state index contributed by atoms with van der Waals surface area (Å²) in [7, 11) is 1.40. The molecular weight excluding hydrogens is 406 g/mol. The maximum absolute atomic E-state index is 12.0. The lowest BCUT2D eigenvalue weighted by Crippen LogP contribution is -2.33. The lowest BCUT2D eigenvalue weighted by Gasteiger charge is -2.31. The van der Waals surface area contributed by atoms with E-state index in [0.717, 1.165) is 21.1 Å². The van der Waals surface area contributed by atoms with Crippen molar-refractivity contribution in [2.24, 2.45) is 0 Å². The van der Waals surface area contributed by atoms with E-state index in [4.69, 9.17) is 4.74 Å². The van der Waals surface area contributed by atoms with Gasteiger partial charge in [-0.15, -0.1) is 0 Å². The van der Waals surface area contributed by atoms with E-state index in [2.05, 4.69) is 44.1 Å². The Morgan fingerprint density at radius 3 is 2.85 bits per heavy atom. The number of benzene rings is 1. The Morgan fingerprint density at radius 2 is 2.20 bits per heavy atom. The summed E-state index contributed by atoms with van der Waals surface area (Å²) in [6.45, 7) is 2.23. The number of anilines is 1. The van der Waals surface area contributed by atoms with Crippen LogP contribution in [0.2, 0.25) is 0 Å². The van der Waals surface area contributed by atoms with E-state index in [1.165, 1.54) is 19.3 Å². The lowest BCUT2D eigenvalue weighted by atomic mass is 10.1. The minimum absolute atomic E-state index is 0.328. The van der Waals surface area contributed by atoms with Crippen LogP contribution in [0.25, 0.3) is 0 Å². The van der Waals surface area contributed by atoms with Crippen LogP contribution in [0, 0.1) is 0 Å². The zero-order chi connectivity index (χ0) is 14.7. The summed E-state index contributed by atoms with van der Waals surface area (Å²) >= 11 is 8.92. The van der Waals surface area contributed by atoms with E-state index in [9.17, 15) is 4.79 Å². The molecule has 1 N–H and O–H groups in total. The molecule has 6 heteroatoms. The third kappa shape index (κ3) is 3.71. The van der Waals surface area contributed by atoms with Crippen molar-refractivity contribution in [1.82, 2.24) is 0 Å². The van der Waals surface area contributed by atoms with Crippen LogP contribution < -0.4 is 5.32 Å². The first kappa shape index (κ1) is 16.2. The van der Waals surface area contributed by atoms with Crippen molar-refractivity contribution in [3.63, 3.8) is 0 Å². The van der Waals surface area contributed by atoms with E-state index in [1.807, 2.05) is 17.8 Å². The van der Waals surface area contributed by atoms with Crippen molar-refractivity contribution in [2.45, 2.75) is 31.1 Å². The van der Waals surface area contributed by atoms with Crippen LogP contribution >= 0.6 is 43.6 Å². The molecule has 0 amide bonds. The summed E-state index contributed by atoms with van der Waals surface area (Å²) in [5, 5.41) is 4.05. The number of halogens is 2. The number of hydrogen-bond acceptors (Lipinski definition) is 4. The van der Waals surface area contributed by atoms with Gasteiger partial charge in [0.2, 0.25) is 0 Å². The molecule has 2 rings (SSSR count). The highest BCUT2D eigenvalue weighted by Gasteiger charge is 2.25. The van der Waals surface area contributed by atoms with Crippen LogP contribution in [0.1, 0.15) is 30.1 Å². The van der Waals surface area contributed by atoms with Crippen LogP contribution in [0.3, 0.4) is 0 Å². The molecule has 2 atom stereocenters. The Balaban J connectivity index is 2.32. The van der Waals surface area contributed by atoms with Crippen molar-refractivity contribution in [1.29, 1.82) is 0 Å². The Morgan fingerprint density at radius 1 is 1.45 bits per heavy atom. The molecule has 0 aromatic heterocycles. The Labute approximate surface area is 140 Å². The normalized spacial score (nSPS) is 22.4. The standard InChI is InChI=1S/C14H17Br2NO2S/c1-8-12(4-3-5-20-8)17-13-10(14(18)19-2)6-9(15)7-11(13)16/h6-8,12,17H,3-5H2,1-2H3. The molecule has 1 aromatic carbocycles. The quantitative estimate of drug-likeness (QED) is 0.716. The van der Waals surface area contributed by atoms with Gasteiger partial charge in [0.15, 0.2) is 0 Å². The van der Waals surface area contributed by atoms with E-state index >= 15 is 0 Å². The molecular formula is C14H17Br2NO2S. The Bertz CT molecular complexity index is 510. The zero-order valence-corrected chi connectivity index (χ0v) is 15.4. The predicted octanol–water partition coefficient (Wildman–Crippen LogP) is 4.69. The molecule has 1 aliphatic rings. The summed E-state index contributed by atoms with van der Waals surface area (Å²) in [5.74, 6) is 0.885. The van der Waals surface area contributed by atoms with Gasteiger partial charge >= 0.3 is 5.97 Å². The third-order valence-electron chi connectivity index (χ3n) is 3.40. The zero-order valence-electron chi connectivity index (χ0n) is 11.4. The van der Waals surface area contributed by atoms with E-state index in [-0.39, 0.29) is 5.97 Å². The maximum Gasteiger partial charge on any atom is 0.340 e. The number of methoxy groups -OCH3 is 1. The van der Waals surface area contributed by atoms with Crippen molar-refractivity contribution in [2.75, 3.05) is 18.2 Å². The molecule has 0 bridgehead atoms. The first-order valence-corrected chi connectivity index (χ1v) is 9.12. The predicted molar refractivity (Wildman–Crippen MR) is 91.7 cm³/mol. The van der Waals surface area contributed by atoms with Gasteiger partial charge < -0.3 is 10.1 Å². The monoisotopic (exact) mass is 421 g/mol. The van der Waals surface area contributed by atoms with Gasteiger partial charge in [-0.1, -0.05) is 22.9 Å². The van der Waals surface area contributed by atoms with Crippen LogP contribution in [0.4, 0.5) is 5.69 Å². The minimum atomic E-state index is -0.328. The number of nitrogens with one attached hydrogen (secondary N) is 1. The largest absolute Gasteiger partial charge is 0.465 e. The molecule has 0 radical (unpaired) electrons. The number of ether oxygens (including phenoxy) is 1. The fraction of sp³-hybridized carbons (Fsp3) is 0.500. The first-order chi connectivity index (χ1) is 9.52. The van der Waals surface area contributed by atoms with Gasteiger partial charge in [0.25, 0.3) is 0 Å². The van der Waals surface area contributed by atoms with Gasteiger partial charge in [0.05, 0.1) is 18.4 Å². The smallest absolute Gasteiger partial charge is 0.340 e. The highest BCUT2D eigenvalue weighted by atomic mass is 79.9. The Kier molecular flexibility index (Phi) is 5.81. The van der Waals surface area contributed by atoms with Gasteiger partial charge in [-0.25, -0.2) is 4.79 Å². The number of esters is 1. The maximum atomic E-state index is 12.0. The van der Waals surface area contributed by atoms with E-state index < -0.39 is 0 Å². The topological polar surface area (TPSA) is 38.3 Å². The molecule has 110 valence electrons. The molecule has 1 heterocycles. The van der Waals surface area contributed by atoms with E-state index in [0.29, 0.717) is 16.9 Å². The van der Waals surface area contributed by atoms with Crippen molar-refractivity contribution in [3.8, 4) is 0 Å². The third-order valence-corrected chi connectivity index (χ3v) is 5.86. The van der Waals surface area contributed by atoms with E-state index in [1.54, 1.807) is 6.07 Å². The highest BCUT2D eigenvalue weighted by molar-refractivity contribution is 9.11. The fourth-order valence-electron chi connectivity index (χ4n) is 2.29. The average Bonchev–Trinajstić information content (AvgIpc) is 2.42. The number of carbonyl (C=O) groups excluding carboxylic acids is 1. The molecule has 1 saturated heterocycles. The molecule has 2 unspecified atom stereocenters. The molecule has 0 spiro atoms. The summed E-state index contributed by atoms with van der Waals surface area (Å²) in [6, 6.07) is 4.10. The number of hydrogen-bond donors (Lipinski definition) is 1. The molecule has 0 aliphatic carbocycles. The number of carbonyl (C=O) groups is 1. The summed E-state index contributed by atoms with van der Waals surface area (Å²) < 4.78 is 6.60. The van der Waals surface area contributed by atoms with Gasteiger partial charge in [0, 0.05) is 20.2 Å². The fourth-order valence-corrected chi connectivity index (χ4v) is 4.77. The van der Waals surface area contributed by atoms with Crippen LogP contribution in [-0.2, 0) is 4.74 Å². The molecule has 1 aromatic rings. The average molecular weight is 423 g/mol. The minimum Gasteiger partial charge on any atom is -0.465 e. The van der Waals surface area contributed by atoms with Crippen molar-refractivity contribution < 1.29 is 9.53 Å². The molecule has 20 heavy (non-hydrogen) atoms. The van der Waals surface area contributed by atoms with Gasteiger partial charge in [0.1, 0.15) is 0 Å². The number of thioether (sulfide) groups is 1. The van der Waals surface area contributed by atoms with Crippen LogP contribution in [-0.4, -0.2) is 30.1 Å². The van der Waals surface area contributed by atoms with Gasteiger partial charge in [-0.2, -0.15) is 11.8 Å². The lowest BCUT2D eigenvalue weighted by molar-refractivity contribution is 0.0601. The second-order valence-electron chi connectivity index (χ2n) is 4.77. The Hall–Kier alpha value is -0.200. The number of rotatable bonds is 3. The highest BCUT2D eigenvalue weighted by Crippen LogP contribution is 2.35. The van der Waals surface area contributed by atoms with Crippen LogP contribution in [0.15, 0.2) is 21.1 Å². The summed E-state index contributed by atoms with van der Waals surface area (Å²) in [4.78, 5) is 12.0. The summed E-state index contributed by atoms with van der Waals surface area (Å²) in [5.41, 5.74) is 1.37. The molecule has 1 aliphatic heterocycles. The van der Waals surface area contributed by atoms with Gasteiger partial charge in [-0.3, -0.25) is 0 Å². The van der Waals surface area contributed by atoms with Crippen molar-refractivity contribution >= 4 is 55.3 Å². The SMILES string of the molecule is COC(=O)c1cc(Br)cc(Br)c1NC1CCCSC1C. The molecule has 0 saturated carbocycles. The second-order valence-corrected chi connectivity index (χ2v) is 8.03. The van der Waals surface area contributed by atoms with Crippen molar-refractivity contribution in [3.05, 3.63) is 26.6 Å². The first-order valence-electron chi connectivity index (χ1n) is 6.48. The molecule has 1 fully saturated rings.